The van der Waals surface area contributed by atoms with Crippen LogP contribution in [0.4, 0.5) is 0 Å². The second-order valence-corrected chi connectivity index (χ2v) is 1.66. The van der Waals surface area contributed by atoms with E-state index in [1.165, 1.54) is 0 Å². The molecule has 59 valence electrons. The maximum absolute atomic E-state index is 4.15. The van der Waals surface area contributed by atoms with Crippen LogP contribution < -0.4 is 0 Å². The van der Waals surface area contributed by atoms with E-state index in [1.807, 2.05) is 7.05 Å². The van der Waals surface area contributed by atoms with Gasteiger partial charge in [-0.1, -0.05) is 13.3 Å². The minimum atomic E-state index is 0. The molecule has 1 radical (unpaired) electrons. The molecule has 0 saturated carbocycles. The molecule has 0 aliphatic carbocycles. The molecular formula is C6H14N2WY-2. The van der Waals surface area contributed by atoms with Crippen LogP contribution in [0, 0.1) is 0 Å². The van der Waals surface area contributed by atoms with Crippen molar-refractivity contribution in [3.63, 3.8) is 0 Å². The van der Waals surface area contributed by atoms with Gasteiger partial charge >= 0.3 is 0 Å². The fourth-order valence-corrected chi connectivity index (χ4v) is 0.499. The van der Waals surface area contributed by atoms with Gasteiger partial charge in [0.2, 0.25) is 0 Å². The summed E-state index contributed by atoms with van der Waals surface area (Å²) in [5, 5.41) is 8.10. The summed E-state index contributed by atoms with van der Waals surface area (Å²) in [6.45, 7) is 4.95. The first kappa shape index (κ1) is 17.7. The first-order chi connectivity index (χ1) is 3.91. The van der Waals surface area contributed by atoms with Crippen LogP contribution in [0.3, 0.4) is 0 Å². The maximum atomic E-state index is 4.15. The topological polar surface area (TPSA) is 28.2 Å². The van der Waals surface area contributed by atoms with E-state index in [9.17, 15) is 0 Å². The Morgan fingerprint density at radius 2 is 1.80 bits per heavy atom. The third-order valence-electron chi connectivity index (χ3n) is 0.922. The van der Waals surface area contributed by atoms with E-state index in [0.29, 0.717) is 0 Å². The molecule has 0 aromatic rings. The van der Waals surface area contributed by atoms with Gasteiger partial charge in [0.15, 0.2) is 0 Å². The van der Waals surface area contributed by atoms with Gasteiger partial charge < -0.3 is 10.6 Å². The summed E-state index contributed by atoms with van der Waals surface area (Å²) in [4.78, 5) is 0. The second kappa shape index (κ2) is 17.0. The van der Waals surface area contributed by atoms with Crippen LogP contribution in [0.25, 0.3) is 10.6 Å². The van der Waals surface area contributed by atoms with Gasteiger partial charge in [0.1, 0.15) is 0 Å². The van der Waals surface area contributed by atoms with E-state index in [0.717, 1.165) is 26.1 Å². The van der Waals surface area contributed by atoms with Crippen molar-refractivity contribution in [2.45, 2.75) is 13.3 Å². The van der Waals surface area contributed by atoms with Gasteiger partial charge in [-0.15, -0.1) is 0 Å². The molecule has 0 aromatic carbocycles. The van der Waals surface area contributed by atoms with Crippen molar-refractivity contribution in [3.05, 3.63) is 10.6 Å². The predicted octanol–water partition coefficient (Wildman–Crippen LogP) is 1.77. The fraction of sp³-hybridized carbons (Fsp3) is 1.00. The Morgan fingerprint density at radius 3 is 2.20 bits per heavy atom. The van der Waals surface area contributed by atoms with Gasteiger partial charge in [0.25, 0.3) is 0 Å². The average Bonchev–Trinajstić information content (AvgIpc) is 1.81. The SMILES string of the molecule is CC[N-]CCC[N-]C.[W].[Y]. The fourth-order valence-electron chi connectivity index (χ4n) is 0.499. The molecule has 0 aromatic heterocycles. The molecule has 0 heterocycles. The van der Waals surface area contributed by atoms with Crippen LogP contribution in [0.5, 0.6) is 0 Å². The molecule has 2 nitrogen and oxygen atoms in total. The zero-order chi connectivity index (χ0) is 6.24. The molecule has 0 aliphatic rings. The third kappa shape index (κ3) is 16.4. The van der Waals surface area contributed by atoms with Gasteiger partial charge in [0, 0.05) is 53.8 Å². The molecule has 0 bridgehead atoms. The molecule has 0 saturated heterocycles. The van der Waals surface area contributed by atoms with E-state index in [1.54, 1.807) is 0 Å². The van der Waals surface area contributed by atoms with Gasteiger partial charge in [0.05, 0.1) is 0 Å². The van der Waals surface area contributed by atoms with E-state index in [2.05, 4.69) is 17.6 Å². The Bertz CT molecular complexity index is 40.7. The van der Waals surface area contributed by atoms with Crippen molar-refractivity contribution in [3.8, 4) is 0 Å². The summed E-state index contributed by atoms with van der Waals surface area (Å²) in [5.74, 6) is 0. The van der Waals surface area contributed by atoms with E-state index in [4.69, 9.17) is 0 Å². The Kier molecular flexibility index (Phi) is 30.1. The summed E-state index contributed by atoms with van der Waals surface area (Å²) >= 11 is 0. The largest absolute Gasteiger partial charge is 0.665 e. The van der Waals surface area contributed by atoms with Gasteiger partial charge in [-0.25, -0.2) is 0 Å². The number of rotatable bonds is 5. The smallest absolute Gasteiger partial charge is 0 e. The molecule has 0 rings (SSSR count). The molecule has 0 fully saturated rings. The van der Waals surface area contributed by atoms with Crippen LogP contribution in [0.2, 0.25) is 0 Å². The Labute approximate surface area is 103 Å². The van der Waals surface area contributed by atoms with E-state index < -0.39 is 0 Å². The van der Waals surface area contributed by atoms with Crippen LogP contribution in [-0.2, 0) is 53.8 Å². The van der Waals surface area contributed by atoms with Gasteiger partial charge in [-0.3, -0.25) is 0 Å². The number of hydrogen-bond acceptors (Lipinski definition) is 0. The first-order valence-electron chi connectivity index (χ1n) is 3.10. The van der Waals surface area contributed by atoms with E-state index in [-0.39, 0.29) is 53.8 Å². The summed E-state index contributed by atoms with van der Waals surface area (Å²) < 4.78 is 0. The zero-order valence-corrected chi connectivity index (χ0v) is 12.5. The maximum Gasteiger partial charge on any atom is 0 e. The quantitative estimate of drug-likeness (QED) is 0.644. The minimum Gasteiger partial charge on any atom is -0.665 e. The van der Waals surface area contributed by atoms with Crippen molar-refractivity contribution < 1.29 is 53.8 Å². The van der Waals surface area contributed by atoms with Crippen molar-refractivity contribution >= 4 is 0 Å². The molecule has 0 atom stereocenters. The Hall–Kier alpha value is 1.71. The summed E-state index contributed by atoms with van der Waals surface area (Å²) in [6, 6.07) is 0. The first-order valence-corrected chi connectivity index (χ1v) is 3.10. The number of nitrogens with zero attached hydrogens (tertiary/aromatic N) is 2. The molecule has 0 spiro atoms. The molecular weight excluding hydrogens is 373 g/mol. The Balaban J connectivity index is -0.000000245. The van der Waals surface area contributed by atoms with Crippen LogP contribution >= 0.6 is 0 Å². The van der Waals surface area contributed by atoms with Crippen molar-refractivity contribution in [2.24, 2.45) is 0 Å². The molecule has 0 amide bonds. The van der Waals surface area contributed by atoms with Crippen LogP contribution in [0.15, 0.2) is 0 Å². The molecule has 0 aliphatic heterocycles. The average molecular weight is 387 g/mol. The van der Waals surface area contributed by atoms with Gasteiger partial charge in [-0.2, -0.15) is 26.7 Å². The molecule has 10 heavy (non-hydrogen) atoms. The molecule has 0 N–H and O–H groups in total. The standard InChI is InChI=1S/C6H14N2.W.Y/c1-3-8-6-4-5-7-2;;/h3-6H2,1-2H3;;/q-2;;. The number of hydrogen-bond donors (Lipinski definition) is 0. The van der Waals surface area contributed by atoms with Crippen LogP contribution in [-0.4, -0.2) is 26.7 Å². The van der Waals surface area contributed by atoms with Crippen molar-refractivity contribution in [2.75, 3.05) is 26.7 Å². The third-order valence-corrected chi connectivity index (χ3v) is 0.922. The van der Waals surface area contributed by atoms with E-state index >= 15 is 0 Å². The zero-order valence-electron chi connectivity index (χ0n) is 6.71. The Morgan fingerprint density at radius 1 is 1.20 bits per heavy atom. The monoisotopic (exact) mass is 387 g/mol. The van der Waals surface area contributed by atoms with Crippen molar-refractivity contribution in [1.82, 2.24) is 0 Å². The normalized spacial score (nSPS) is 7.80. The van der Waals surface area contributed by atoms with Gasteiger partial charge in [-0.05, 0) is 0 Å². The predicted molar refractivity (Wildman–Crippen MR) is 37.5 cm³/mol. The van der Waals surface area contributed by atoms with Crippen LogP contribution in [0.1, 0.15) is 13.3 Å². The minimum absolute atomic E-state index is 0. The summed E-state index contributed by atoms with van der Waals surface area (Å²) in [7, 11) is 1.84. The second-order valence-electron chi connectivity index (χ2n) is 1.66. The van der Waals surface area contributed by atoms with Crippen molar-refractivity contribution in [1.29, 1.82) is 0 Å². The summed E-state index contributed by atoms with van der Waals surface area (Å²) in [5.41, 5.74) is 0. The summed E-state index contributed by atoms with van der Waals surface area (Å²) in [6.07, 6.45) is 1.12. The molecule has 0 unspecified atom stereocenters. The molecule has 4 heteroatoms.